The third-order valence-electron chi connectivity index (χ3n) is 9.70. The maximum Gasteiger partial charge on any atom is 0.408 e. The van der Waals surface area contributed by atoms with Crippen LogP contribution in [0.2, 0.25) is 0 Å². The monoisotopic (exact) mass is 812 g/mol. The van der Waals surface area contributed by atoms with Crippen molar-refractivity contribution in [2.24, 2.45) is 11.7 Å². The van der Waals surface area contributed by atoms with Gasteiger partial charge < -0.3 is 34.3 Å². The molecule has 2 aromatic heterocycles. The Bertz CT molecular complexity index is 2000. The number of nitrogens with zero attached hydrogens (tertiary/aromatic N) is 2. The van der Waals surface area contributed by atoms with Crippen molar-refractivity contribution in [2.75, 3.05) is 13.1 Å². The number of alkyl carbamates (subject to hydrolysis) is 1. The van der Waals surface area contributed by atoms with Crippen LogP contribution in [0.25, 0.3) is 11.1 Å². The molecule has 4 atom stereocenters. The number of nitrogens with one attached hydrogen (secondary N) is 1. The number of Topliss-reactive ketones (excluding diaryl/α,β-unsaturated/α-hetero) is 2. The van der Waals surface area contributed by atoms with Gasteiger partial charge in [0.25, 0.3) is 5.89 Å². The summed E-state index contributed by atoms with van der Waals surface area (Å²) in [6.45, 7) is 0.684. The molecule has 3 heterocycles. The van der Waals surface area contributed by atoms with Crippen molar-refractivity contribution in [3.05, 3.63) is 125 Å². The van der Waals surface area contributed by atoms with Crippen LogP contribution >= 0.6 is 15.9 Å². The Morgan fingerprint density at radius 2 is 1.60 bits per heavy atom. The van der Waals surface area contributed by atoms with Crippen molar-refractivity contribution < 1.29 is 37.5 Å². The van der Waals surface area contributed by atoms with E-state index in [1.54, 1.807) is 36.4 Å². The zero-order valence-electron chi connectivity index (χ0n) is 30.4. The molecule has 1 aliphatic rings. The maximum absolute atomic E-state index is 14.6. The number of halogens is 1. The summed E-state index contributed by atoms with van der Waals surface area (Å²) in [5, 5.41) is 2.79. The first-order valence-corrected chi connectivity index (χ1v) is 19.4. The quantitative estimate of drug-likeness (QED) is 0.0644. The highest BCUT2D eigenvalue weighted by atomic mass is 79.9. The fourth-order valence-electron chi connectivity index (χ4n) is 6.81. The average molecular weight is 814 g/mol. The number of aryl methyl sites for hydroxylation is 1. The van der Waals surface area contributed by atoms with Gasteiger partial charge in [0, 0.05) is 25.3 Å². The van der Waals surface area contributed by atoms with E-state index in [1.807, 2.05) is 60.7 Å². The van der Waals surface area contributed by atoms with Crippen LogP contribution in [0.4, 0.5) is 4.79 Å². The Morgan fingerprint density at radius 1 is 0.873 bits per heavy atom. The number of amides is 2. The topological polar surface area (TPSA) is 167 Å². The van der Waals surface area contributed by atoms with Crippen LogP contribution in [0.1, 0.15) is 66.1 Å². The second-order valence-corrected chi connectivity index (χ2v) is 14.4. The summed E-state index contributed by atoms with van der Waals surface area (Å²) in [6.07, 6.45) is 1.20. The Kier molecular flexibility index (Phi) is 14.0. The standard InChI is InChI=1S/C42H45BrN4O8/c43-38-21-19-31(54-38)27-52-32-24-35(36(48)23-30(15-9-10-22-44)39(49)40-45-33-16-7-8-17-37(33)55-40)47(25-32)41(50)34(20-18-28-11-3-1-4-12-28)46-42(51)53-26-29-13-5-2-6-14-29/h1-8,11-14,16-17,19,21,30,32,34-35H,9-10,15,18,20,22-27,44H2,(H,46,51)/t30-,32-,34-,35+/m1/s1. The van der Waals surface area contributed by atoms with Crippen molar-refractivity contribution in [3.63, 3.8) is 0 Å². The maximum atomic E-state index is 14.6. The van der Waals surface area contributed by atoms with Crippen molar-refractivity contribution in [3.8, 4) is 0 Å². The number of hydrogen-bond donors (Lipinski definition) is 2. The first-order valence-electron chi connectivity index (χ1n) is 18.6. The molecule has 13 heteroatoms. The minimum Gasteiger partial charge on any atom is -0.452 e. The number of aromatic nitrogens is 1. The minimum absolute atomic E-state index is 0.0234. The molecule has 1 fully saturated rings. The highest BCUT2D eigenvalue weighted by Gasteiger charge is 2.43. The summed E-state index contributed by atoms with van der Waals surface area (Å²) in [7, 11) is 0. The lowest BCUT2D eigenvalue weighted by molar-refractivity contribution is -0.139. The Balaban J connectivity index is 1.23. The lowest BCUT2D eigenvalue weighted by Gasteiger charge is -2.29. The highest BCUT2D eigenvalue weighted by molar-refractivity contribution is 9.10. The number of hydrogen-bond acceptors (Lipinski definition) is 10. The summed E-state index contributed by atoms with van der Waals surface area (Å²) in [6, 6.07) is 27.6. The Morgan fingerprint density at radius 3 is 2.31 bits per heavy atom. The number of ketones is 2. The molecule has 6 rings (SSSR count). The zero-order chi connectivity index (χ0) is 38.6. The van der Waals surface area contributed by atoms with Crippen LogP contribution in [0.15, 0.2) is 111 Å². The van der Waals surface area contributed by atoms with Crippen LogP contribution < -0.4 is 11.1 Å². The summed E-state index contributed by atoms with van der Waals surface area (Å²) in [5.41, 5.74) is 8.58. The molecular weight excluding hydrogens is 768 g/mol. The van der Waals surface area contributed by atoms with E-state index < -0.39 is 36.1 Å². The number of nitrogens with two attached hydrogens (primary N) is 1. The number of rotatable bonds is 19. The summed E-state index contributed by atoms with van der Waals surface area (Å²) in [5.74, 6) is -1.34. The highest BCUT2D eigenvalue weighted by Crippen LogP contribution is 2.29. The number of oxazole rings is 1. The van der Waals surface area contributed by atoms with Crippen LogP contribution in [0.5, 0.6) is 0 Å². The van der Waals surface area contributed by atoms with Crippen molar-refractivity contribution in [2.45, 2.75) is 76.3 Å². The molecule has 1 aliphatic heterocycles. The average Bonchev–Trinajstić information content (AvgIpc) is 3.96. The zero-order valence-corrected chi connectivity index (χ0v) is 32.0. The molecule has 5 aromatic rings. The molecule has 0 unspecified atom stereocenters. The number of ether oxygens (including phenoxy) is 2. The second-order valence-electron chi connectivity index (χ2n) is 13.7. The molecule has 2 amide bonds. The van der Waals surface area contributed by atoms with Crippen LogP contribution in [0, 0.1) is 5.92 Å². The summed E-state index contributed by atoms with van der Waals surface area (Å²) < 4.78 is 23.7. The Labute approximate surface area is 327 Å². The fourth-order valence-corrected chi connectivity index (χ4v) is 7.15. The summed E-state index contributed by atoms with van der Waals surface area (Å²) >= 11 is 3.31. The van der Waals surface area contributed by atoms with Gasteiger partial charge in [0.1, 0.15) is 30.5 Å². The van der Waals surface area contributed by atoms with E-state index in [4.69, 9.17) is 24.0 Å². The lowest BCUT2D eigenvalue weighted by Crippen LogP contribution is -2.52. The third-order valence-corrected chi connectivity index (χ3v) is 10.1. The van der Waals surface area contributed by atoms with Crippen molar-refractivity contribution in [1.29, 1.82) is 0 Å². The normalized spacial score (nSPS) is 16.5. The number of fused-ring (bicyclic) bond motifs is 1. The molecular formula is C42H45BrN4O8. The lowest BCUT2D eigenvalue weighted by atomic mass is 9.89. The van der Waals surface area contributed by atoms with E-state index in [-0.39, 0.29) is 56.5 Å². The van der Waals surface area contributed by atoms with E-state index in [1.165, 1.54) is 4.90 Å². The van der Waals surface area contributed by atoms with Gasteiger partial charge in [-0.3, -0.25) is 14.4 Å². The predicted molar refractivity (Wildman–Crippen MR) is 208 cm³/mol. The molecule has 0 spiro atoms. The van der Waals surface area contributed by atoms with Crippen molar-refractivity contribution >= 4 is 50.6 Å². The second kappa shape index (κ2) is 19.5. The first-order chi connectivity index (χ1) is 26.8. The number of benzene rings is 3. The molecule has 55 heavy (non-hydrogen) atoms. The predicted octanol–water partition coefficient (Wildman–Crippen LogP) is 7.18. The largest absolute Gasteiger partial charge is 0.452 e. The van der Waals surface area contributed by atoms with E-state index in [9.17, 15) is 19.2 Å². The SMILES string of the molecule is NCCCC[C@H](CC(=O)[C@@H]1C[C@@H](OCc2ccc(Br)o2)CN1C(=O)[C@@H](CCc1ccccc1)NC(=O)OCc1ccccc1)C(=O)c1nc2ccccc2o1. The van der Waals surface area contributed by atoms with Gasteiger partial charge >= 0.3 is 6.09 Å². The van der Waals surface area contributed by atoms with E-state index in [2.05, 4.69) is 26.2 Å². The number of unbranched alkanes of at least 4 members (excludes halogenated alkanes) is 1. The third kappa shape index (κ3) is 11.0. The van der Waals surface area contributed by atoms with Crippen LogP contribution in [-0.4, -0.2) is 64.7 Å². The molecule has 288 valence electrons. The molecule has 12 nitrogen and oxygen atoms in total. The molecule has 0 saturated carbocycles. The first kappa shape index (κ1) is 39.6. The van der Waals surface area contributed by atoms with Crippen LogP contribution in [0.3, 0.4) is 0 Å². The summed E-state index contributed by atoms with van der Waals surface area (Å²) in [4.78, 5) is 61.9. The van der Waals surface area contributed by atoms with Gasteiger partial charge in [-0.05, 0) is 83.6 Å². The molecule has 0 bridgehead atoms. The van der Waals surface area contributed by atoms with E-state index >= 15 is 0 Å². The van der Waals surface area contributed by atoms with Gasteiger partial charge in [-0.2, -0.15) is 0 Å². The molecule has 3 N–H and O–H groups in total. The number of para-hydroxylation sites is 2. The van der Waals surface area contributed by atoms with Gasteiger partial charge in [0.2, 0.25) is 11.7 Å². The number of likely N-dealkylation sites (tertiary alicyclic amines) is 1. The minimum atomic E-state index is -1.01. The molecule has 0 aliphatic carbocycles. The smallest absolute Gasteiger partial charge is 0.408 e. The van der Waals surface area contributed by atoms with Gasteiger partial charge in [-0.15, -0.1) is 0 Å². The molecule has 1 saturated heterocycles. The van der Waals surface area contributed by atoms with Gasteiger partial charge in [0.15, 0.2) is 16.0 Å². The van der Waals surface area contributed by atoms with E-state index in [0.29, 0.717) is 53.8 Å². The fraction of sp³-hybridized carbons (Fsp3) is 0.357. The number of carbonyl (C=O) groups excluding carboxylic acids is 4. The van der Waals surface area contributed by atoms with E-state index in [0.717, 1.165) is 11.1 Å². The van der Waals surface area contributed by atoms with Gasteiger partial charge in [-0.1, -0.05) is 79.2 Å². The number of furan rings is 1. The van der Waals surface area contributed by atoms with Gasteiger partial charge in [0.05, 0.1) is 12.1 Å². The molecule has 3 aromatic carbocycles. The Hall–Kier alpha value is -5.11. The number of carbonyl (C=O) groups is 4. The van der Waals surface area contributed by atoms with Crippen molar-refractivity contribution in [1.82, 2.24) is 15.2 Å². The van der Waals surface area contributed by atoms with Gasteiger partial charge in [-0.25, -0.2) is 9.78 Å². The van der Waals surface area contributed by atoms with Crippen LogP contribution in [-0.2, 0) is 38.7 Å². The molecule has 0 radical (unpaired) electrons.